The number of benzene rings is 2. The van der Waals surface area contributed by atoms with E-state index in [-0.39, 0.29) is 12.7 Å². The SMILES string of the molecule is Cc1ccc2cc(C3CCC(C)CC3)c(F)c(F)c2c1F.[HH]. The van der Waals surface area contributed by atoms with E-state index in [0.717, 1.165) is 25.7 Å². The third kappa shape index (κ3) is 2.43. The second kappa shape index (κ2) is 5.36. The highest BCUT2D eigenvalue weighted by Gasteiger charge is 2.26. The van der Waals surface area contributed by atoms with E-state index in [2.05, 4.69) is 6.92 Å². The van der Waals surface area contributed by atoms with Gasteiger partial charge >= 0.3 is 0 Å². The molecule has 114 valence electrons. The van der Waals surface area contributed by atoms with E-state index in [9.17, 15) is 13.2 Å². The Morgan fingerprint density at radius 1 is 0.952 bits per heavy atom. The lowest BCUT2D eigenvalue weighted by atomic mass is 9.79. The number of hydrogen-bond donors (Lipinski definition) is 0. The van der Waals surface area contributed by atoms with Crippen molar-refractivity contribution in [3.05, 3.63) is 46.8 Å². The normalized spacial score (nSPS) is 22.7. The molecule has 0 nitrogen and oxygen atoms in total. The minimum Gasteiger partial charge on any atom is -0.206 e. The van der Waals surface area contributed by atoms with Crippen molar-refractivity contribution in [2.75, 3.05) is 0 Å². The molecule has 0 amide bonds. The molecule has 0 atom stereocenters. The maximum atomic E-state index is 14.4. The molecule has 0 saturated heterocycles. The molecule has 0 N–H and O–H groups in total. The van der Waals surface area contributed by atoms with E-state index in [1.165, 1.54) is 0 Å². The van der Waals surface area contributed by atoms with Crippen molar-refractivity contribution in [3.8, 4) is 0 Å². The van der Waals surface area contributed by atoms with Crippen molar-refractivity contribution >= 4 is 10.8 Å². The molecular weight excluding hydrogens is 273 g/mol. The Bertz CT molecular complexity index is 689. The van der Waals surface area contributed by atoms with Crippen LogP contribution < -0.4 is 0 Å². The van der Waals surface area contributed by atoms with Crippen molar-refractivity contribution in [1.29, 1.82) is 0 Å². The molecule has 0 aliphatic heterocycles. The molecule has 0 unspecified atom stereocenters. The van der Waals surface area contributed by atoms with Gasteiger partial charge in [0.1, 0.15) is 5.82 Å². The summed E-state index contributed by atoms with van der Waals surface area (Å²) in [5.74, 6) is -1.87. The van der Waals surface area contributed by atoms with Crippen molar-refractivity contribution in [2.45, 2.75) is 45.4 Å². The van der Waals surface area contributed by atoms with Crippen molar-refractivity contribution < 1.29 is 14.6 Å². The molecule has 0 bridgehead atoms. The number of halogens is 3. The fraction of sp³-hybridized carbons (Fsp3) is 0.444. The molecule has 0 heterocycles. The van der Waals surface area contributed by atoms with Gasteiger partial charge in [0, 0.05) is 1.43 Å². The lowest BCUT2D eigenvalue weighted by Gasteiger charge is -2.27. The van der Waals surface area contributed by atoms with Gasteiger partial charge in [0.25, 0.3) is 0 Å². The van der Waals surface area contributed by atoms with E-state index in [0.29, 0.717) is 22.4 Å². The van der Waals surface area contributed by atoms with Gasteiger partial charge in [0.05, 0.1) is 5.39 Å². The van der Waals surface area contributed by atoms with Gasteiger partial charge in [-0.05, 0) is 54.2 Å². The van der Waals surface area contributed by atoms with Crippen molar-refractivity contribution in [1.82, 2.24) is 0 Å². The summed E-state index contributed by atoms with van der Waals surface area (Å²) in [6, 6.07) is 4.92. The lowest BCUT2D eigenvalue weighted by Crippen LogP contribution is -2.13. The Hall–Kier alpha value is -1.51. The van der Waals surface area contributed by atoms with Crippen LogP contribution >= 0.6 is 0 Å². The van der Waals surface area contributed by atoms with Crippen LogP contribution in [0.3, 0.4) is 0 Å². The second-order valence-electron chi connectivity index (χ2n) is 6.35. The Morgan fingerprint density at radius 2 is 1.62 bits per heavy atom. The smallest absolute Gasteiger partial charge is 0.169 e. The maximum absolute atomic E-state index is 14.4. The van der Waals surface area contributed by atoms with E-state index in [4.69, 9.17) is 0 Å². The van der Waals surface area contributed by atoms with E-state index < -0.39 is 17.5 Å². The first-order valence-corrected chi connectivity index (χ1v) is 7.55. The summed E-state index contributed by atoms with van der Waals surface area (Å²) in [6.07, 6.45) is 3.81. The zero-order valence-corrected chi connectivity index (χ0v) is 12.3. The maximum Gasteiger partial charge on any atom is 0.169 e. The van der Waals surface area contributed by atoms with Gasteiger partial charge in [0.15, 0.2) is 11.6 Å². The standard InChI is InChI=1S/C18H19F3.H2/c1-10-3-6-12(7-4-10)14-9-13-8-5-11(2)16(19)15(13)18(21)17(14)20;/h5,8-10,12H,3-4,6-7H2,1-2H3;1H. The molecule has 1 fully saturated rings. The van der Waals surface area contributed by atoms with Crippen LogP contribution in [0, 0.1) is 30.3 Å². The number of fused-ring (bicyclic) bond motifs is 1. The first kappa shape index (κ1) is 14.4. The molecule has 0 spiro atoms. The number of rotatable bonds is 1. The summed E-state index contributed by atoms with van der Waals surface area (Å²) < 4.78 is 42.8. The highest BCUT2D eigenvalue weighted by molar-refractivity contribution is 5.85. The minimum absolute atomic E-state index is 0. The zero-order valence-electron chi connectivity index (χ0n) is 12.3. The van der Waals surface area contributed by atoms with Crippen LogP contribution in [0.2, 0.25) is 0 Å². The summed E-state index contributed by atoms with van der Waals surface area (Å²) >= 11 is 0. The van der Waals surface area contributed by atoms with Crippen LogP contribution in [-0.4, -0.2) is 0 Å². The quantitative estimate of drug-likeness (QED) is 0.595. The predicted molar refractivity (Wildman–Crippen MR) is 81.0 cm³/mol. The highest BCUT2D eigenvalue weighted by Crippen LogP contribution is 2.39. The fourth-order valence-electron chi connectivity index (χ4n) is 3.37. The van der Waals surface area contributed by atoms with Crippen molar-refractivity contribution in [2.24, 2.45) is 5.92 Å². The summed E-state index contributed by atoms with van der Waals surface area (Å²) in [6.45, 7) is 3.74. The third-order valence-electron chi connectivity index (χ3n) is 4.80. The van der Waals surface area contributed by atoms with Crippen LogP contribution in [0.15, 0.2) is 18.2 Å². The molecule has 2 aromatic rings. The number of hydrogen-bond acceptors (Lipinski definition) is 0. The number of aryl methyl sites for hydroxylation is 1. The van der Waals surface area contributed by atoms with Gasteiger partial charge < -0.3 is 0 Å². The predicted octanol–water partition coefficient (Wildman–Crippen LogP) is 6.11. The van der Waals surface area contributed by atoms with Crippen molar-refractivity contribution in [3.63, 3.8) is 0 Å². The molecule has 0 aromatic heterocycles. The van der Waals surface area contributed by atoms with Crippen LogP contribution in [-0.2, 0) is 0 Å². The largest absolute Gasteiger partial charge is 0.206 e. The second-order valence-corrected chi connectivity index (χ2v) is 6.35. The zero-order chi connectivity index (χ0) is 15.1. The third-order valence-corrected chi connectivity index (χ3v) is 4.80. The Kier molecular flexibility index (Phi) is 3.68. The lowest BCUT2D eigenvalue weighted by molar-refractivity contribution is 0.339. The fourth-order valence-corrected chi connectivity index (χ4v) is 3.37. The van der Waals surface area contributed by atoms with Gasteiger partial charge in [-0.15, -0.1) is 0 Å². The topological polar surface area (TPSA) is 0 Å². The Labute approximate surface area is 124 Å². The molecule has 2 aromatic carbocycles. The molecule has 0 radical (unpaired) electrons. The first-order valence-electron chi connectivity index (χ1n) is 7.55. The summed E-state index contributed by atoms with van der Waals surface area (Å²) in [4.78, 5) is 0. The van der Waals surface area contributed by atoms with Crippen LogP contribution in [0.1, 0.15) is 51.1 Å². The van der Waals surface area contributed by atoms with Gasteiger partial charge in [-0.3, -0.25) is 0 Å². The summed E-state index contributed by atoms with van der Waals surface area (Å²) in [7, 11) is 0. The monoisotopic (exact) mass is 294 g/mol. The van der Waals surface area contributed by atoms with Gasteiger partial charge in [0.2, 0.25) is 0 Å². The van der Waals surface area contributed by atoms with E-state index in [1.54, 1.807) is 25.1 Å². The summed E-state index contributed by atoms with van der Waals surface area (Å²) in [5.41, 5.74) is 0.746. The Balaban J connectivity index is 0.00000176. The molecule has 3 rings (SSSR count). The van der Waals surface area contributed by atoms with Gasteiger partial charge in [-0.1, -0.05) is 31.9 Å². The average molecular weight is 294 g/mol. The van der Waals surface area contributed by atoms with Crippen LogP contribution in [0.4, 0.5) is 13.2 Å². The van der Waals surface area contributed by atoms with Crippen LogP contribution in [0.25, 0.3) is 10.8 Å². The first-order chi connectivity index (χ1) is 9.99. The van der Waals surface area contributed by atoms with Gasteiger partial charge in [-0.2, -0.15) is 0 Å². The molecule has 1 saturated carbocycles. The van der Waals surface area contributed by atoms with Gasteiger partial charge in [-0.25, -0.2) is 13.2 Å². The molecular formula is C18H21F3. The minimum atomic E-state index is -1.04. The van der Waals surface area contributed by atoms with Crippen LogP contribution in [0.5, 0.6) is 0 Å². The van der Waals surface area contributed by atoms with E-state index >= 15 is 0 Å². The average Bonchev–Trinajstić information content (AvgIpc) is 2.47. The molecule has 3 heteroatoms. The Morgan fingerprint density at radius 3 is 2.29 bits per heavy atom. The molecule has 21 heavy (non-hydrogen) atoms. The van der Waals surface area contributed by atoms with E-state index in [1.807, 2.05) is 0 Å². The highest BCUT2D eigenvalue weighted by atomic mass is 19.2. The molecule has 1 aliphatic carbocycles. The summed E-state index contributed by atoms with van der Waals surface area (Å²) in [5, 5.41) is 0.228. The molecule has 1 aliphatic rings.